The Labute approximate surface area is 124 Å². The van der Waals surface area contributed by atoms with Gasteiger partial charge >= 0.3 is 6.18 Å². The summed E-state index contributed by atoms with van der Waals surface area (Å²) in [5.41, 5.74) is 12.0. The standard InChI is InChI=1S/C14H19F3N2.C2H6/c15-14(16,17)11-3-6-13(19)10(8-11)7-9-1-4-12(18)5-2-9;1-2/h3,6,8-9,12H,1-2,4-5,7,18-19H2;1-2H3. The van der Waals surface area contributed by atoms with E-state index < -0.39 is 11.7 Å². The molecule has 0 radical (unpaired) electrons. The fraction of sp³-hybridized carbons (Fsp3) is 0.625. The van der Waals surface area contributed by atoms with E-state index in [1.807, 2.05) is 13.8 Å². The Hall–Kier alpha value is -1.23. The van der Waals surface area contributed by atoms with Crippen LogP contribution >= 0.6 is 0 Å². The SMILES string of the molecule is CC.Nc1ccc(C(F)(F)F)cc1CC1CCC(N)CC1. The lowest BCUT2D eigenvalue weighted by atomic mass is 9.82. The zero-order valence-electron chi connectivity index (χ0n) is 12.7. The molecule has 0 heterocycles. The number of nitrogens with two attached hydrogens (primary N) is 2. The van der Waals surface area contributed by atoms with Gasteiger partial charge in [0.05, 0.1) is 5.56 Å². The first-order chi connectivity index (χ1) is 9.86. The van der Waals surface area contributed by atoms with E-state index in [9.17, 15) is 13.2 Å². The summed E-state index contributed by atoms with van der Waals surface area (Å²) < 4.78 is 38.0. The number of nitrogen functional groups attached to an aromatic ring is 1. The number of anilines is 1. The van der Waals surface area contributed by atoms with Crippen LogP contribution in [-0.4, -0.2) is 6.04 Å². The summed E-state index contributed by atoms with van der Waals surface area (Å²) in [5.74, 6) is 0.394. The second kappa shape index (κ2) is 7.69. The van der Waals surface area contributed by atoms with Gasteiger partial charge in [0.25, 0.3) is 0 Å². The second-order valence-corrected chi connectivity index (χ2v) is 5.40. The molecule has 2 rings (SSSR count). The van der Waals surface area contributed by atoms with Gasteiger partial charge in [0.15, 0.2) is 0 Å². The molecule has 120 valence electrons. The Kier molecular flexibility index (Phi) is 6.52. The topological polar surface area (TPSA) is 52.0 Å². The summed E-state index contributed by atoms with van der Waals surface area (Å²) >= 11 is 0. The monoisotopic (exact) mass is 302 g/mol. The molecule has 21 heavy (non-hydrogen) atoms. The van der Waals surface area contributed by atoms with Gasteiger partial charge in [0.1, 0.15) is 0 Å². The van der Waals surface area contributed by atoms with Crippen molar-refractivity contribution in [2.24, 2.45) is 11.7 Å². The quantitative estimate of drug-likeness (QED) is 0.797. The smallest absolute Gasteiger partial charge is 0.399 e. The van der Waals surface area contributed by atoms with E-state index in [0.29, 0.717) is 23.6 Å². The molecule has 1 aliphatic rings. The van der Waals surface area contributed by atoms with Crippen molar-refractivity contribution in [1.29, 1.82) is 0 Å². The third-order valence-electron chi connectivity index (χ3n) is 3.87. The fourth-order valence-electron chi connectivity index (χ4n) is 2.66. The molecule has 0 spiro atoms. The van der Waals surface area contributed by atoms with Crippen LogP contribution in [0.25, 0.3) is 0 Å². The lowest BCUT2D eigenvalue weighted by Crippen LogP contribution is -2.27. The predicted octanol–water partition coefficient (Wildman–Crippen LogP) is 4.37. The van der Waals surface area contributed by atoms with Crippen LogP contribution in [0.3, 0.4) is 0 Å². The maximum absolute atomic E-state index is 12.7. The molecule has 0 bridgehead atoms. The van der Waals surface area contributed by atoms with Crippen LogP contribution < -0.4 is 11.5 Å². The highest BCUT2D eigenvalue weighted by atomic mass is 19.4. The molecule has 1 saturated carbocycles. The molecule has 0 aromatic heterocycles. The molecule has 1 aromatic rings. The van der Waals surface area contributed by atoms with E-state index in [4.69, 9.17) is 11.5 Å². The largest absolute Gasteiger partial charge is 0.416 e. The molecule has 0 saturated heterocycles. The minimum atomic E-state index is -4.31. The minimum Gasteiger partial charge on any atom is -0.399 e. The van der Waals surface area contributed by atoms with Crippen LogP contribution in [-0.2, 0) is 12.6 Å². The molecule has 0 atom stereocenters. The molecular formula is C16H25F3N2. The summed E-state index contributed by atoms with van der Waals surface area (Å²) in [5, 5.41) is 0. The van der Waals surface area contributed by atoms with Gasteiger partial charge in [0.2, 0.25) is 0 Å². The number of hydrogen-bond donors (Lipinski definition) is 2. The second-order valence-electron chi connectivity index (χ2n) is 5.40. The van der Waals surface area contributed by atoms with Crippen molar-refractivity contribution in [2.45, 2.75) is 58.2 Å². The molecule has 1 aliphatic carbocycles. The summed E-state index contributed by atoms with van der Waals surface area (Å²) in [6.45, 7) is 4.00. The molecule has 1 aromatic carbocycles. The highest BCUT2D eigenvalue weighted by molar-refractivity contribution is 5.49. The number of rotatable bonds is 2. The van der Waals surface area contributed by atoms with Crippen molar-refractivity contribution in [3.63, 3.8) is 0 Å². The molecule has 4 N–H and O–H groups in total. The van der Waals surface area contributed by atoms with Gasteiger partial charge in [-0.15, -0.1) is 0 Å². The van der Waals surface area contributed by atoms with E-state index in [2.05, 4.69) is 0 Å². The van der Waals surface area contributed by atoms with E-state index in [0.717, 1.165) is 31.7 Å². The van der Waals surface area contributed by atoms with Gasteiger partial charge in [-0.2, -0.15) is 13.2 Å². The van der Waals surface area contributed by atoms with Gasteiger partial charge in [-0.1, -0.05) is 13.8 Å². The molecule has 0 aliphatic heterocycles. The highest BCUT2D eigenvalue weighted by Gasteiger charge is 2.31. The lowest BCUT2D eigenvalue weighted by Gasteiger charge is -2.26. The zero-order valence-corrected chi connectivity index (χ0v) is 12.7. The van der Waals surface area contributed by atoms with E-state index >= 15 is 0 Å². The number of halogens is 3. The molecule has 5 heteroatoms. The first-order valence-corrected chi connectivity index (χ1v) is 7.57. The molecule has 0 unspecified atom stereocenters. The third kappa shape index (κ3) is 5.23. The van der Waals surface area contributed by atoms with Crippen molar-refractivity contribution in [2.75, 3.05) is 5.73 Å². The van der Waals surface area contributed by atoms with Crippen LogP contribution in [0.15, 0.2) is 18.2 Å². The first kappa shape index (κ1) is 17.8. The normalized spacial score (nSPS) is 22.4. The number of benzene rings is 1. The van der Waals surface area contributed by atoms with Crippen molar-refractivity contribution >= 4 is 5.69 Å². The number of alkyl halides is 3. The van der Waals surface area contributed by atoms with Gasteiger partial charge in [-0.25, -0.2) is 0 Å². The predicted molar refractivity (Wildman–Crippen MR) is 80.8 cm³/mol. The van der Waals surface area contributed by atoms with Crippen LogP contribution in [0.2, 0.25) is 0 Å². The average Bonchev–Trinajstić information content (AvgIpc) is 2.44. The Bertz CT molecular complexity index is 436. The van der Waals surface area contributed by atoms with Crippen molar-refractivity contribution < 1.29 is 13.2 Å². The van der Waals surface area contributed by atoms with E-state index in [-0.39, 0.29) is 6.04 Å². The van der Waals surface area contributed by atoms with Gasteiger partial charge in [0, 0.05) is 11.7 Å². The van der Waals surface area contributed by atoms with Crippen LogP contribution in [0.4, 0.5) is 18.9 Å². The summed E-state index contributed by atoms with van der Waals surface area (Å²) in [6.07, 6.45) is 0.139. The van der Waals surface area contributed by atoms with Crippen molar-refractivity contribution in [3.8, 4) is 0 Å². The molecular weight excluding hydrogens is 277 g/mol. The molecule has 2 nitrogen and oxygen atoms in total. The fourth-order valence-corrected chi connectivity index (χ4v) is 2.66. The summed E-state index contributed by atoms with van der Waals surface area (Å²) in [7, 11) is 0. The average molecular weight is 302 g/mol. The van der Waals surface area contributed by atoms with Crippen LogP contribution in [0, 0.1) is 5.92 Å². The van der Waals surface area contributed by atoms with Crippen molar-refractivity contribution in [3.05, 3.63) is 29.3 Å². The Balaban J connectivity index is 0.00000106. The van der Waals surface area contributed by atoms with Crippen LogP contribution in [0.1, 0.15) is 50.7 Å². The Morgan fingerprint density at radius 1 is 1.10 bits per heavy atom. The summed E-state index contributed by atoms with van der Waals surface area (Å²) in [4.78, 5) is 0. The van der Waals surface area contributed by atoms with Gasteiger partial charge < -0.3 is 11.5 Å². The molecule has 0 amide bonds. The zero-order chi connectivity index (χ0) is 16.0. The van der Waals surface area contributed by atoms with E-state index in [1.165, 1.54) is 12.1 Å². The third-order valence-corrected chi connectivity index (χ3v) is 3.87. The lowest BCUT2D eigenvalue weighted by molar-refractivity contribution is -0.137. The molecule has 1 fully saturated rings. The van der Waals surface area contributed by atoms with E-state index in [1.54, 1.807) is 0 Å². The van der Waals surface area contributed by atoms with Gasteiger partial charge in [-0.3, -0.25) is 0 Å². The van der Waals surface area contributed by atoms with Crippen LogP contribution in [0.5, 0.6) is 0 Å². The maximum atomic E-state index is 12.7. The minimum absolute atomic E-state index is 0.245. The first-order valence-electron chi connectivity index (χ1n) is 7.57. The highest BCUT2D eigenvalue weighted by Crippen LogP contribution is 2.33. The number of hydrogen-bond acceptors (Lipinski definition) is 2. The Morgan fingerprint density at radius 2 is 1.67 bits per heavy atom. The van der Waals surface area contributed by atoms with Gasteiger partial charge in [-0.05, 0) is 61.8 Å². The van der Waals surface area contributed by atoms with Crippen molar-refractivity contribution in [1.82, 2.24) is 0 Å². The Morgan fingerprint density at radius 3 is 2.19 bits per heavy atom. The maximum Gasteiger partial charge on any atom is 0.416 e. The summed E-state index contributed by atoms with van der Waals surface area (Å²) in [6, 6.07) is 3.82.